The summed E-state index contributed by atoms with van der Waals surface area (Å²) < 4.78 is 10.8. The maximum Gasteiger partial charge on any atom is 0.145 e. The number of hydrogen-bond acceptors (Lipinski definition) is 5. The summed E-state index contributed by atoms with van der Waals surface area (Å²) in [6.45, 7) is 6.34. The summed E-state index contributed by atoms with van der Waals surface area (Å²) in [6, 6.07) is 5.77. The van der Waals surface area contributed by atoms with Crippen molar-refractivity contribution in [3.05, 3.63) is 23.8 Å². The smallest absolute Gasteiger partial charge is 0.145 e. The maximum atomic E-state index is 5.62. The lowest BCUT2D eigenvalue weighted by atomic mass is 9.86. The minimum absolute atomic E-state index is 0.0863. The van der Waals surface area contributed by atoms with E-state index in [1.165, 1.54) is 0 Å². The van der Waals surface area contributed by atoms with Gasteiger partial charge >= 0.3 is 0 Å². The Hall–Kier alpha value is -2.01. The molecule has 108 valence electrons. The number of anilines is 1. The third-order valence-electron chi connectivity index (χ3n) is 3.29. The van der Waals surface area contributed by atoms with Crippen LogP contribution in [0.25, 0.3) is 10.9 Å². The Morgan fingerprint density at radius 2 is 1.70 bits per heavy atom. The second-order valence-electron chi connectivity index (χ2n) is 5.65. The van der Waals surface area contributed by atoms with Crippen molar-refractivity contribution in [1.29, 1.82) is 0 Å². The molecule has 0 fully saturated rings. The molecule has 1 aromatic carbocycles. The van der Waals surface area contributed by atoms with Crippen molar-refractivity contribution in [2.24, 2.45) is 5.84 Å². The molecule has 5 nitrogen and oxygen atoms in total. The van der Waals surface area contributed by atoms with Crippen LogP contribution in [-0.4, -0.2) is 19.2 Å². The molecule has 3 N–H and O–H groups in total. The lowest BCUT2D eigenvalue weighted by Gasteiger charge is -2.23. The van der Waals surface area contributed by atoms with Crippen LogP contribution in [0.3, 0.4) is 0 Å². The SMILES string of the molecule is COc1ccc(OC)c2nc(NN)c(C(C)(C)C)cc12. The summed E-state index contributed by atoms with van der Waals surface area (Å²) >= 11 is 0. The largest absolute Gasteiger partial charge is 0.496 e. The van der Waals surface area contributed by atoms with Gasteiger partial charge in [-0.1, -0.05) is 20.8 Å². The molecular formula is C15H21N3O2. The van der Waals surface area contributed by atoms with Crippen molar-refractivity contribution in [1.82, 2.24) is 4.98 Å². The van der Waals surface area contributed by atoms with Crippen molar-refractivity contribution in [3.8, 4) is 11.5 Å². The maximum absolute atomic E-state index is 5.62. The molecule has 0 aliphatic rings. The molecule has 0 spiro atoms. The number of nitrogens with one attached hydrogen (secondary N) is 1. The zero-order valence-electron chi connectivity index (χ0n) is 12.6. The standard InChI is InChI=1S/C15H21N3O2/c1-15(2,3)10-8-9-11(19-4)6-7-12(20-5)13(9)17-14(10)18-16/h6-8H,16H2,1-5H3,(H,17,18). The first-order valence-corrected chi connectivity index (χ1v) is 6.45. The van der Waals surface area contributed by atoms with Crippen LogP contribution in [0.1, 0.15) is 26.3 Å². The molecule has 0 saturated heterocycles. The highest BCUT2D eigenvalue weighted by molar-refractivity contribution is 5.92. The van der Waals surface area contributed by atoms with E-state index >= 15 is 0 Å². The number of nitrogens with two attached hydrogens (primary N) is 1. The molecule has 0 amide bonds. The van der Waals surface area contributed by atoms with Gasteiger partial charge in [0.15, 0.2) is 0 Å². The molecule has 0 saturated carbocycles. The van der Waals surface area contributed by atoms with Gasteiger partial charge in [-0.05, 0) is 23.6 Å². The van der Waals surface area contributed by atoms with Gasteiger partial charge in [0.1, 0.15) is 22.8 Å². The highest BCUT2D eigenvalue weighted by Gasteiger charge is 2.22. The number of nitrogens with zero attached hydrogens (tertiary/aromatic N) is 1. The summed E-state index contributed by atoms with van der Waals surface area (Å²) in [7, 11) is 3.27. The molecule has 0 aliphatic heterocycles. The van der Waals surface area contributed by atoms with Crippen LogP contribution in [0.15, 0.2) is 18.2 Å². The monoisotopic (exact) mass is 275 g/mol. The normalized spacial score (nSPS) is 11.5. The summed E-state index contributed by atoms with van der Waals surface area (Å²) in [5.74, 6) is 7.72. The van der Waals surface area contributed by atoms with Crippen LogP contribution in [0.4, 0.5) is 5.82 Å². The second-order valence-corrected chi connectivity index (χ2v) is 5.65. The molecule has 5 heteroatoms. The van der Waals surface area contributed by atoms with E-state index in [1.54, 1.807) is 14.2 Å². The molecule has 0 bridgehead atoms. The number of hydrogen-bond donors (Lipinski definition) is 2. The number of pyridine rings is 1. The van der Waals surface area contributed by atoms with Gasteiger partial charge in [-0.15, -0.1) is 0 Å². The predicted molar refractivity (Wildman–Crippen MR) is 81.4 cm³/mol. The minimum atomic E-state index is -0.0863. The number of ether oxygens (including phenoxy) is 2. The molecule has 2 aromatic rings. The third kappa shape index (κ3) is 2.36. The minimum Gasteiger partial charge on any atom is -0.496 e. The molecule has 1 heterocycles. The topological polar surface area (TPSA) is 69.4 Å². The molecule has 0 aliphatic carbocycles. The summed E-state index contributed by atoms with van der Waals surface area (Å²) in [4.78, 5) is 4.60. The molecule has 0 unspecified atom stereocenters. The summed E-state index contributed by atoms with van der Waals surface area (Å²) in [5, 5.41) is 0.913. The Labute approximate surface area is 119 Å². The van der Waals surface area contributed by atoms with Gasteiger partial charge in [0.05, 0.1) is 14.2 Å². The molecule has 0 atom stereocenters. The summed E-state index contributed by atoms with van der Waals surface area (Å²) in [6.07, 6.45) is 0. The molecule has 1 aromatic heterocycles. The van der Waals surface area contributed by atoms with Crippen LogP contribution in [0.2, 0.25) is 0 Å². The Morgan fingerprint density at radius 3 is 2.20 bits per heavy atom. The average Bonchev–Trinajstić information content (AvgIpc) is 2.43. The Kier molecular flexibility index (Phi) is 3.72. The fraction of sp³-hybridized carbons (Fsp3) is 0.400. The Bertz CT molecular complexity index is 633. The van der Waals surface area contributed by atoms with Crippen molar-refractivity contribution in [3.63, 3.8) is 0 Å². The number of aromatic nitrogens is 1. The Morgan fingerprint density at radius 1 is 1.10 bits per heavy atom. The average molecular weight is 275 g/mol. The van der Waals surface area contributed by atoms with Crippen LogP contribution < -0.4 is 20.7 Å². The number of fused-ring (bicyclic) bond motifs is 1. The lowest BCUT2D eigenvalue weighted by molar-refractivity contribution is 0.409. The van der Waals surface area contributed by atoms with Crippen molar-refractivity contribution < 1.29 is 9.47 Å². The fourth-order valence-corrected chi connectivity index (χ4v) is 2.23. The van der Waals surface area contributed by atoms with E-state index in [2.05, 4.69) is 37.2 Å². The van der Waals surface area contributed by atoms with Crippen LogP contribution >= 0.6 is 0 Å². The first-order chi connectivity index (χ1) is 9.42. The van der Waals surface area contributed by atoms with E-state index in [-0.39, 0.29) is 5.41 Å². The number of benzene rings is 1. The van der Waals surface area contributed by atoms with Crippen molar-refractivity contribution in [2.45, 2.75) is 26.2 Å². The van der Waals surface area contributed by atoms with Gasteiger partial charge in [-0.25, -0.2) is 10.8 Å². The quantitative estimate of drug-likeness (QED) is 0.666. The zero-order valence-corrected chi connectivity index (χ0v) is 12.6. The van der Waals surface area contributed by atoms with Gasteiger partial charge in [-0.2, -0.15) is 0 Å². The van der Waals surface area contributed by atoms with E-state index in [0.717, 1.165) is 22.2 Å². The molecule has 0 radical (unpaired) electrons. The lowest BCUT2D eigenvalue weighted by Crippen LogP contribution is -2.19. The molecule has 20 heavy (non-hydrogen) atoms. The fourth-order valence-electron chi connectivity index (χ4n) is 2.23. The van der Waals surface area contributed by atoms with Crippen LogP contribution in [-0.2, 0) is 5.41 Å². The van der Waals surface area contributed by atoms with E-state index in [4.69, 9.17) is 15.3 Å². The van der Waals surface area contributed by atoms with Gasteiger partial charge in [0.2, 0.25) is 0 Å². The van der Waals surface area contributed by atoms with E-state index in [9.17, 15) is 0 Å². The zero-order chi connectivity index (χ0) is 14.9. The third-order valence-corrected chi connectivity index (χ3v) is 3.29. The van der Waals surface area contributed by atoms with Gasteiger partial charge in [0.25, 0.3) is 0 Å². The first kappa shape index (κ1) is 14.4. The molecular weight excluding hydrogens is 254 g/mol. The van der Waals surface area contributed by atoms with E-state index in [1.807, 2.05) is 12.1 Å². The number of nitrogen functional groups attached to an aromatic ring is 1. The first-order valence-electron chi connectivity index (χ1n) is 6.45. The number of hydrazine groups is 1. The van der Waals surface area contributed by atoms with E-state index in [0.29, 0.717) is 11.6 Å². The van der Waals surface area contributed by atoms with Gasteiger partial charge in [0, 0.05) is 10.9 Å². The summed E-state index contributed by atoms with van der Waals surface area (Å²) in [5.41, 5.74) is 4.35. The highest BCUT2D eigenvalue weighted by Crippen LogP contribution is 2.37. The van der Waals surface area contributed by atoms with Crippen molar-refractivity contribution in [2.75, 3.05) is 19.6 Å². The van der Waals surface area contributed by atoms with Crippen molar-refractivity contribution >= 4 is 16.7 Å². The Balaban J connectivity index is 2.86. The van der Waals surface area contributed by atoms with Crippen LogP contribution in [0, 0.1) is 0 Å². The molecule has 2 rings (SSSR count). The second kappa shape index (κ2) is 5.17. The number of methoxy groups -OCH3 is 2. The highest BCUT2D eigenvalue weighted by atomic mass is 16.5. The van der Waals surface area contributed by atoms with E-state index < -0.39 is 0 Å². The van der Waals surface area contributed by atoms with Crippen LogP contribution in [0.5, 0.6) is 11.5 Å². The van der Waals surface area contributed by atoms with Gasteiger partial charge < -0.3 is 14.9 Å². The predicted octanol–water partition coefficient (Wildman–Crippen LogP) is 2.84. The van der Waals surface area contributed by atoms with Gasteiger partial charge in [-0.3, -0.25) is 0 Å². The number of rotatable bonds is 3.